The maximum Gasteiger partial charge on any atom is 0.240 e. The lowest BCUT2D eigenvalue weighted by molar-refractivity contribution is 0.944. The minimum absolute atomic E-state index is 0.506. The molecule has 8 heteroatoms. The van der Waals surface area contributed by atoms with E-state index in [1.54, 1.807) is 12.4 Å². The molecule has 6 heterocycles. The van der Waals surface area contributed by atoms with E-state index in [-0.39, 0.29) is 0 Å². The molecule has 0 aliphatic rings. The third-order valence-corrected chi connectivity index (χ3v) is 9.62. The van der Waals surface area contributed by atoms with Crippen LogP contribution in [0.3, 0.4) is 0 Å². The van der Waals surface area contributed by atoms with Crippen molar-refractivity contribution in [1.82, 2.24) is 39.5 Å². The van der Waals surface area contributed by atoms with Crippen LogP contribution in [0, 0.1) is 0 Å². The van der Waals surface area contributed by atoms with E-state index in [1.807, 2.05) is 114 Å². The highest BCUT2D eigenvalue weighted by atomic mass is 15.2. The number of hydrogen-bond donors (Lipinski definition) is 0. The molecule has 0 bridgehead atoms. The fourth-order valence-electron chi connectivity index (χ4n) is 6.99. The molecule has 0 N–H and O–H groups in total. The maximum atomic E-state index is 5.04. The van der Waals surface area contributed by atoms with E-state index in [9.17, 15) is 0 Å². The molecule has 0 fully saturated rings. The predicted octanol–water partition coefficient (Wildman–Crippen LogP) is 10.6. The zero-order valence-corrected chi connectivity index (χ0v) is 29.4. The van der Waals surface area contributed by atoms with E-state index in [2.05, 4.69) is 70.6 Å². The zero-order valence-electron chi connectivity index (χ0n) is 29.4. The monoisotopic (exact) mass is 706 g/mol. The van der Waals surface area contributed by atoms with Gasteiger partial charge in [-0.1, -0.05) is 97.1 Å². The molecule has 6 aromatic heterocycles. The molecule has 0 saturated heterocycles. The number of benzene rings is 4. The van der Waals surface area contributed by atoms with Gasteiger partial charge in [-0.15, -0.1) is 0 Å². The van der Waals surface area contributed by atoms with Crippen molar-refractivity contribution in [3.63, 3.8) is 0 Å². The van der Waals surface area contributed by atoms with Crippen LogP contribution in [0.5, 0.6) is 0 Å². The summed E-state index contributed by atoms with van der Waals surface area (Å²) >= 11 is 0. The van der Waals surface area contributed by atoms with Crippen molar-refractivity contribution >= 4 is 21.9 Å². The molecule has 4 aromatic carbocycles. The highest BCUT2D eigenvalue weighted by Gasteiger charge is 2.19. The molecule has 10 aromatic rings. The molecule has 10 rings (SSSR count). The van der Waals surface area contributed by atoms with Crippen molar-refractivity contribution in [2.45, 2.75) is 0 Å². The number of pyridine rings is 4. The Labute approximate surface area is 316 Å². The molecule has 0 spiro atoms. The zero-order chi connectivity index (χ0) is 36.6. The number of hydrogen-bond acceptors (Lipinski definition) is 7. The van der Waals surface area contributed by atoms with Crippen LogP contribution < -0.4 is 0 Å². The summed E-state index contributed by atoms with van der Waals surface area (Å²) in [5, 5.41) is 2.06. The van der Waals surface area contributed by atoms with Gasteiger partial charge < -0.3 is 0 Å². The average Bonchev–Trinajstić information content (AvgIpc) is 3.61. The SMILES string of the molecule is c1ccc(-c2nc(-c3ccccc3)nc(-n3c4ccc(-c5cccc(-c6cc(-c7ccccn7)nc(-c7ccccn7)c6)c5)cc4c4cccnc43)n2)cc1. The summed E-state index contributed by atoms with van der Waals surface area (Å²) in [6.45, 7) is 0. The topological polar surface area (TPSA) is 95.2 Å². The standard InChI is InChI=1S/C47H30N8/c1-3-13-31(14-4-1)44-52-45(32-15-5-2-6-16-32)54-47(53-44)55-43-23-22-35(28-38(43)37-19-12-26-50-46(37)55)33-17-11-18-34(27-33)36-29-41(39-20-7-9-24-48-39)51-42(30-36)40-21-8-10-25-49-40/h1-30H. The van der Waals surface area contributed by atoms with Crippen LogP contribution >= 0.6 is 0 Å². The van der Waals surface area contributed by atoms with E-state index in [0.29, 0.717) is 17.6 Å². The Morgan fingerprint density at radius 2 is 0.891 bits per heavy atom. The van der Waals surface area contributed by atoms with Gasteiger partial charge in [0.2, 0.25) is 5.95 Å². The van der Waals surface area contributed by atoms with Crippen LogP contribution in [0.25, 0.3) is 95.7 Å². The van der Waals surface area contributed by atoms with Crippen LogP contribution in [0.15, 0.2) is 182 Å². The minimum atomic E-state index is 0.506. The molecule has 0 atom stereocenters. The molecular weight excluding hydrogens is 677 g/mol. The third-order valence-electron chi connectivity index (χ3n) is 9.62. The maximum absolute atomic E-state index is 5.04. The summed E-state index contributed by atoms with van der Waals surface area (Å²) in [4.78, 5) is 34.0. The molecule has 258 valence electrons. The molecule has 0 aliphatic heterocycles. The van der Waals surface area contributed by atoms with Gasteiger partial charge in [0.05, 0.1) is 28.3 Å². The van der Waals surface area contributed by atoms with Crippen molar-refractivity contribution in [3.8, 4) is 73.8 Å². The predicted molar refractivity (Wildman–Crippen MR) is 218 cm³/mol. The van der Waals surface area contributed by atoms with Crippen molar-refractivity contribution in [1.29, 1.82) is 0 Å². The minimum Gasteiger partial charge on any atom is -0.262 e. The Bertz CT molecular complexity index is 2850. The van der Waals surface area contributed by atoms with E-state index in [4.69, 9.17) is 24.9 Å². The number of aromatic nitrogens is 8. The molecule has 0 aliphatic carbocycles. The van der Waals surface area contributed by atoms with Gasteiger partial charge in [-0.2, -0.15) is 9.97 Å². The van der Waals surface area contributed by atoms with Crippen LogP contribution in [-0.2, 0) is 0 Å². The fourth-order valence-corrected chi connectivity index (χ4v) is 6.99. The van der Waals surface area contributed by atoms with Gasteiger partial charge in [0.15, 0.2) is 11.6 Å². The summed E-state index contributed by atoms with van der Waals surface area (Å²) in [6.07, 6.45) is 5.39. The first-order valence-corrected chi connectivity index (χ1v) is 18.0. The Kier molecular flexibility index (Phi) is 7.96. The second kappa shape index (κ2) is 13.7. The molecule has 8 nitrogen and oxygen atoms in total. The Balaban J connectivity index is 1.11. The number of rotatable bonds is 7. The second-order valence-electron chi connectivity index (χ2n) is 13.1. The van der Waals surface area contributed by atoms with Gasteiger partial charge in [-0.3, -0.25) is 14.5 Å². The average molecular weight is 707 g/mol. The lowest BCUT2D eigenvalue weighted by Gasteiger charge is -2.11. The van der Waals surface area contributed by atoms with Gasteiger partial charge in [0.1, 0.15) is 5.65 Å². The first-order chi connectivity index (χ1) is 27.2. The van der Waals surface area contributed by atoms with Crippen LogP contribution in [0.2, 0.25) is 0 Å². The van der Waals surface area contributed by atoms with Crippen LogP contribution in [-0.4, -0.2) is 39.5 Å². The Morgan fingerprint density at radius 3 is 1.51 bits per heavy atom. The van der Waals surface area contributed by atoms with E-state index in [1.165, 1.54) is 0 Å². The summed E-state index contributed by atoms with van der Waals surface area (Å²) in [6, 6.07) is 55.1. The van der Waals surface area contributed by atoms with Gasteiger partial charge in [0, 0.05) is 40.5 Å². The molecule has 55 heavy (non-hydrogen) atoms. The van der Waals surface area contributed by atoms with E-state index >= 15 is 0 Å². The van der Waals surface area contributed by atoms with Crippen molar-refractivity contribution < 1.29 is 0 Å². The first kappa shape index (κ1) is 32.0. The molecule has 0 amide bonds. The van der Waals surface area contributed by atoms with Crippen molar-refractivity contribution in [3.05, 3.63) is 182 Å². The lowest BCUT2D eigenvalue weighted by Crippen LogP contribution is -2.06. The van der Waals surface area contributed by atoms with Crippen LogP contribution in [0.1, 0.15) is 0 Å². The molecule has 0 radical (unpaired) electrons. The summed E-state index contributed by atoms with van der Waals surface area (Å²) in [5.41, 5.74) is 11.0. The van der Waals surface area contributed by atoms with Gasteiger partial charge in [-0.25, -0.2) is 15.0 Å². The smallest absolute Gasteiger partial charge is 0.240 e. The Hall–Kier alpha value is -7.71. The highest BCUT2D eigenvalue weighted by Crippen LogP contribution is 2.36. The van der Waals surface area contributed by atoms with Crippen molar-refractivity contribution in [2.75, 3.05) is 0 Å². The van der Waals surface area contributed by atoms with E-state index in [0.717, 1.165) is 78.1 Å². The molecule has 0 saturated carbocycles. The van der Waals surface area contributed by atoms with Gasteiger partial charge in [0.25, 0.3) is 0 Å². The first-order valence-electron chi connectivity index (χ1n) is 18.0. The summed E-state index contributed by atoms with van der Waals surface area (Å²) in [5.74, 6) is 1.70. The van der Waals surface area contributed by atoms with E-state index < -0.39 is 0 Å². The third kappa shape index (κ3) is 6.07. The summed E-state index contributed by atoms with van der Waals surface area (Å²) in [7, 11) is 0. The van der Waals surface area contributed by atoms with Crippen LogP contribution in [0.4, 0.5) is 0 Å². The largest absolute Gasteiger partial charge is 0.262 e. The highest BCUT2D eigenvalue weighted by molar-refractivity contribution is 6.09. The molecule has 0 unspecified atom stereocenters. The van der Waals surface area contributed by atoms with Gasteiger partial charge in [-0.05, 0) is 89.0 Å². The quantitative estimate of drug-likeness (QED) is 0.163. The second-order valence-corrected chi connectivity index (χ2v) is 13.1. The normalized spacial score (nSPS) is 11.3. The molecular formula is C47H30N8. The number of nitrogens with zero attached hydrogens (tertiary/aromatic N) is 8. The lowest BCUT2D eigenvalue weighted by atomic mass is 9.97. The number of fused-ring (bicyclic) bond motifs is 3. The van der Waals surface area contributed by atoms with Gasteiger partial charge >= 0.3 is 0 Å². The Morgan fingerprint density at radius 1 is 0.327 bits per heavy atom. The van der Waals surface area contributed by atoms with Crippen molar-refractivity contribution in [2.24, 2.45) is 0 Å². The summed E-state index contributed by atoms with van der Waals surface area (Å²) < 4.78 is 2.04. The fraction of sp³-hybridized carbons (Fsp3) is 0.